The number of benzene rings is 1. The molecule has 1 aliphatic rings. The van der Waals surface area contributed by atoms with Gasteiger partial charge in [0.1, 0.15) is 23.2 Å². The van der Waals surface area contributed by atoms with Crippen LogP contribution in [-0.2, 0) is 24.1 Å². The fraction of sp³-hybridized carbons (Fsp3) is 0.550. The number of rotatable bonds is 9. The fourth-order valence-electron chi connectivity index (χ4n) is 3.11. The molecule has 3 rings (SSSR count). The van der Waals surface area contributed by atoms with Crippen molar-refractivity contribution in [2.24, 2.45) is 5.92 Å². The van der Waals surface area contributed by atoms with Crippen LogP contribution < -0.4 is 0 Å². The van der Waals surface area contributed by atoms with E-state index < -0.39 is 5.82 Å². The van der Waals surface area contributed by atoms with Gasteiger partial charge < -0.3 is 4.57 Å². The van der Waals surface area contributed by atoms with Crippen LogP contribution in [0.1, 0.15) is 62.8 Å². The molecule has 0 saturated heterocycles. The Balaban J connectivity index is 1.62. The van der Waals surface area contributed by atoms with Crippen molar-refractivity contribution >= 4 is 17.4 Å². The van der Waals surface area contributed by atoms with Crippen molar-refractivity contribution in [3.8, 4) is 0 Å². The minimum absolute atomic E-state index is 0.0137. The second kappa shape index (κ2) is 8.30. The number of hydrogen-bond donors (Lipinski definition) is 0. The highest BCUT2D eigenvalue weighted by Crippen LogP contribution is 2.37. The second-order valence-corrected chi connectivity index (χ2v) is 7.90. The molecule has 1 aliphatic carbocycles. The molecule has 0 radical (unpaired) electrons. The van der Waals surface area contributed by atoms with Gasteiger partial charge in [0, 0.05) is 31.7 Å². The number of aryl methyl sites for hydroxylation is 2. The number of carbonyl (C=O) groups is 1. The van der Waals surface area contributed by atoms with E-state index in [1.165, 1.54) is 6.07 Å². The molecule has 1 aromatic carbocycles. The molecular weight excluding hydrogens is 353 g/mol. The average molecular weight is 378 g/mol. The van der Waals surface area contributed by atoms with E-state index in [1.54, 1.807) is 12.1 Å². The predicted octanol–water partition coefficient (Wildman–Crippen LogP) is 4.74. The third kappa shape index (κ3) is 4.70. The quantitative estimate of drug-likeness (QED) is 0.634. The van der Waals surface area contributed by atoms with Crippen LogP contribution in [0, 0.1) is 11.7 Å². The third-order valence-electron chi connectivity index (χ3n) is 4.74. The molecule has 6 heteroatoms. The molecule has 1 fully saturated rings. The molecule has 0 aliphatic heterocycles. The number of nitrogens with zero attached hydrogens (tertiary/aromatic N) is 3. The Hall–Kier alpha value is -1.75. The van der Waals surface area contributed by atoms with E-state index >= 15 is 0 Å². The minimum atomic E-state index is -0.500. The predicted molar refractivity (Wildman–Crippen MR) is 99.9 cm³/mol. The maximum atomic E-state index is 13.9. The van der Waals surface area contributed by atoms with E-state index in [9.17, 15) is 9.18 Å². The van der Waals surface area contributed by atoms with Gasteiger partial charge in [0.15, 0.2) is 0 Å². The van der Waals surface area contributed by atoms with Crippen molar-refractivity contribution in [3.05, 3.63) is 46.3 Å². The molecule has 0 amide bonds. The van der Waals surface area contributed by atoms with Gasteiger partial charge in [0.05, 0.1) is 5.02 Å². The van der Waals surface area contributed by atoms with Crippen LogP contribution >= 0.6 is 11.6 Å². The first kappa shape index (κ1) is 19.0. The molecule has 0 atom stereocenters. The maximum Gasteiger partial charge on any atom is 0.145 e. The van der Waals surface area contributed by atoms with Crippen molar-refractivity contribution in [2.75, 3.05) is 0 Å². The topological polar surface area (TPSA) is 47.8 Å². The molecule has 0 N–H and O–H groups in total. The van der Waals surface area contributed by atoms with Gasteiger partial charge in [-0.05, 0) is 36.8 Å². The third-order valence-corrected chi connectivity index (χ3v) is 5.03. The van der Waals surface area contributed by atoms with Crippen LogP contribution in [0.25, 0.3) is 0 Å². The number of aromatic nitrogens is 3. The summed E-state index contributed by atoms with van der Waals surface area (Å²) in [6, 6.07) is 5.25. The van der Waals surface area contributed by atoms with Gasteiger partial charge in [-0.15, -0.1) is 10.2 Å². The summed E-state index contributed by atoms with van der Waals surface area (Å²) in [7, 11) is 0. The highest BCUT2D eigenvalue weighted by atomic mass is 35.5. The van der Waals surface area contributed by atoms with Gasteiger partial charge in [-0.3, -0.25) is 4.79 Å². The standard InChI is InChI=1S/C20H25ClFN3O/c1-13(2)6-10-18-23-24-19(25(18)15-7-8-15)11-9-16(26)12-14-4-3-5-17(21)20(14)22/h3-5,13,15H,6-12H2,1-2H3. The van der Waals surface area contributed by atoms with Crippen LogP contribution in [0.2, 0.25) is 5.02 Å². The van der Waals surface area contributed by atoms with Crippen LogP contribution in [0.4, 0.5) is 4.39 Å². The van der Waals surface area contributed by atoms with Crippen LogP contribution in [-0.4, -0.2) is 20.5 Å². The molecule has 0 spiro atoms. The summed E-state index contributed by atoms with van der Waals surface area (Å²) in [6.45, 7) is 4.40. The van der Waals surface area contributed by atoms with E-state index in [4.69, 9.17) is 11.6 Å². The number of Topliss-reactive ketones (excluding diaryl/α,β-unsaturated/α-hetero) is 1. The Morgan fingerprint density at radius 3 is 2.62 bits per heavy atom. The molecule has 0 unspecified atom stereocenters. The van der Waals surface area contributed by atoms with E-state index in [2.05, 4.69) is 28.6 Å². The number of carbonyl (C=O) groups excluding carboxylic acids is 1. The molecule has 2 aromatic rings. The van der Waals surface area contributed by atoms with E-state index in [1.807, 2.05) is 0 Å². The monoisotopic (exact) mass is 377 g/mol. The van der Waals surface area contributed by atoms with E-state index in [0.29, 0.717) is 30.4 Å². The zero-order valence-corrected chi connectivity index (χ0v) is 16.1. The van der Waals surface area contributed by atoms with E-state index in [0.717, 1.165) is 37.3 Å². The summed E-state index contributed by atoms with van der Waals surface area (Å²) in [6.07, 6.45) is 5.25. The van der Waals surface area contributed by atoms with Crippen LogP contribution in [0.3, 0.4) is 0 Å². The Labute approximate surface area is 158 Å². The maximum absolute atomic E-state index is 13.9. The molecule has 26 heavy (non-hydrogen) atoms. The zero-order valence-electron chi connectivity index (χ0n) is 15.3. The Kier molecular flexibility index (Phi) is 6.07. The van der Waals surface area contributed by atoms with Crippen LogP contribution in [0.15, 0.2) is 18.2 Å². The lowest BCUT2D eigenvalue weighted by molar-refractivity contribution is -0.118. The SMILES string of the molecule is CC(C)CCc1nnc(CCC(=O)Cc2cccc(Cl)c2F)n1C1CC1. The summed E-state index contributed by atoms with van der Waals surface area (Å²) in [5.41, 5.74) is 0.351. The largest absolute Gasteiger partial charge is 0.312 e. The van der Waals surface area contributed by atoms with Crippen molar-refractivity contribution in [1.82, 2.24) is 14.8 Å². The van der Waals surface area contributed by atoms with Gasteiger partial charge in [0.2, 0.25) is 0 Å². The van der Waals surface area contributed by atoms with Gasteiger partial charge >= 0.3 is 0 Å². The summed E-state index contributed by atoms with van der Waals surface area (Å²) in [4.78, 5) is 12.3. The van der Waals surface area contributed by atoms with Gasteiger partial charge in [-0.25, -0.2) is 4.39 Å². The molecular formula is C20H25ClFN3O. The summed E-state index contributed by atoms with van der Waals surface area (Å²) >= 11 is 5.78. The first-order valence-corrected chi connectivity index (χ1v) is 9.70. The number of hydrogen-bond acceptors (Lipinski definition) is 3. The highest BCUT2D eigenvalue weighted by Gasteiger charge is 2.29. The van der Waals surface area contributed by atoms with Crippen LogP contribution in [0.5, 0.6) is 0 Å². The Morgan fingerprint density at radius 2 is 1.96 bits per heavy atom. The smallest absolute Gasteiger partial charge is 0.145 e. The van der Waals surface area contributed by atoms with Crippen molar-refractivity contribution in [1.29, 1.82) is 0 Å². The number of ketones is 1. The second-order valence-electron chi connectivity index (χ2n) is 7.49. The highest BCUT2D eigenvalue weighted by molar-refractivity contribution is 6.30. The molecule has 4 nitrogen and oxygen atoms in total. The molecule has 1 aromatic heterocycles. The summed E-state index contributed by atoms with van der Waals surface area (Å²) in [5, 5.41) is 8.75. The Bertz CT molecular complexity index is 783. The lowest BCUT2D eigenvalue weighted by Gasteiger charge is -2.10. The molecule has 140 valence electrons. The summed E-state index contributed by atoms with van der Waals surface area (Å²) in [5.74, 6) is 2.02. The lowest BCUT2D eigenvalue weighted by atomic mass is 10.0. The first-order chi connectivity index (χ1) is 12.5. The molecule has 1 saturated carbocycles. The van der Waals surface area contributed by atoms with Crippen molar-refractivity contribution in [2.45, 2.75) is 64.8 Å². The van der Waals surface area contributed by atoms with Gasteiger partial charge in [-0.2, -0.15) is 0 Å². The normalized spacial score (nSPS) is 14.2. The summed E-state index contributed by atoms with van der Waals surface area (Å²) < 4.78 is 16.2. The average Bonchev–Trinajstić information content (AvgIpc) is 3.35. The molecule has 1 heterocycles. The van der Waals surface area contributed by atoms with Gasteiger partial charge in [0.25, 0.3) is 0 Å². The number of halogens is 2. The molecule has 0 bridgehead atoms. The Morgan fingerprint density at radius 1 is 1.27 bits per heavy atom. The minimum Gasteiger partial charge on any atom is -0.312 e. The lowest BCUT2D eigenvalue weighted by Crippen LogP contribution is -2.11. The first-order valence-electron chi connectivity index (χ1n) is 9.33. The fourth-order valence-corrected chi connectivity index (χ4v) is 3.30. The van der Waals surface area contributed by atoms with Gasteiger partial charge in [-0.1, -0.05) is 37.6 Å². The van der Waals surface area contributed by atoms with E-state index in [-0.39, 0.29) is 17.2 Å². The van der Waals surface area contributed by atoms with Crippen molar-refractivity contribution < 1.29 is 9.18 Å². The van der Waals surface area contributed by atoms with Crippen molar-refractivity contribution in [3.63, 3.8) is 0 Å². The zero-order chi connectivity index (χ0) is 18.7.